The van der Waals surface area contributed by atoms with Gasteiger partial charge >= 0.3 is 0 Å². The number of aromatic nitrogens is 5. The lowest BCUT2D eigenvalue weighted by molar-refractivity contribution is -0.113. The molecule has 0 aliphatic carbocycles. The van der Waals surface area contributed by atoms with E-state index in [4.69, 9.17) is 4.74 Å². The molecule has 1 fully saturated rings. The topological polar surface area (TPSA) is 90.1 Å². The highest BCUT2D eigenvalue weighted by molar-refractivity contribution is 7.99. The summed E-state index contributed by atoms with van der Waals surface area (Å²) in [5.74, 6) is 1.66. The Bertz CT molecular complexity index is 1030. The van der Waals surface area contributed by atoms with Gasteiger partial charge in [0.05, 0.1) is 31.7 Å². The summed E-state index contributed by atoms with van der Waals surface area (Å²) in [6, 6.07) is 10.1. The number of hydrogen-bond donors (Lipinski definition) is 1. The third-order valence-electron chi connectivity index (χ3n) is 5.04. The molecule has 0 saturated carbocycles. The molecule has 0 spiro atoms. The Hall–Kier alpha value is -2.85. The Balaban J connectivity index is 1.36. The Morgan fingerprint density at radius 2 is 2.06 bits per heavy atom. The van der Waals surface area contributed by atoms with Crippen molar-refractivity contribution in [2.24, 2.45) is 0 Å². The van der Waals surface area contributed by atoms with Crippen molar-refractivity contribution in [2.45, 2.75) is 32.1 Å². The first-order chi connectivity index (χ1) is 15.1. The van der Waals surface area contributed by atoms with Gasteiger partial charge in [-0.2, -0.15) is 5.10 Å². The summed E-state index contributed by atoms with van der Waals surface area (Å²) < 4.78 is 9.26. The van der Waals surface area contributed by atoms with Crippen LogP contribution in [0.15, 0.2) is 41.7 Å². The SMILES string of the molecule is CCn1c(SCC(=O)Nc2ccnn2Cc2cccc(C)c2)nnc1N1CCOCC1. The second-order valence-electron chi connectivity index (χ2n) is 7.33. The third-order valence-corrected chi connectivity index (χ3v) is 6.01. The van der Waals surface area contributed by atoms with Gasteiger partial charge in [-0.15, -0.1) is 10.2 Å². The quantitative estimate of drug-likeness (QED) is 0.537. The molecule has 1 N–H and O–H groups in total. The first kappa shape index (κ1) is 21.4. The molecule has 0 bridgehead atoms. The minimum atomic E-state index is -0.102. The Morgan fingerprint density at radius 3 is 2.84 bits per heavy atom. The Kier molecular flexibility index (Phi) is 6.88. The fraction of sp³-hybridized carbons (Fsp3) is 0.429. The van der Waals surface area contributed by atoms with Crippen LogP contribution in [-0.2, 0) is 22.6 Å². The van der Waals surface area contributed by atoms with Crippen LogP contribution in [0.1, 0.15) is 18.1 Å². The summed E-state index contributed by atoms with van der Waals surface area (Å²) in [6.07, 6.45) is 1.70. The maximum Gasteiger partial charge on any atom is 0.235 e. The van der Waals surface area contributed by atoms with E-state index in [-0.39, 0.29) is 11.7 Å². The third kappa shape index (κ3) is 5.26. The van der Waals surface area contributed by atoms with Crippen LogP contribution in [0.25, 0.3) is 0 Å². The van der Waals surface area contributed by atoms with Crippen LogP contribution in [0.5, 0.6) is 0 Å². The molecule has 10 heteroatoms. The van der Waals surface area contributed by atoms with Crippen LogP contribution in [0.2, 0.25) is 0 Å². The molecule has 9 nitrogen and oxygen atoms in total. The van der Waals surface area contributed by atoms with Crippen LogP contribution < -0.4 is 10.2 Å². The summed E-state index contributed by atoms with van der Waals surface area (Å²) in [6.45, 7) is 8.45. The van der Waals surface area contributed by atoms with Crippen molar-refractivity contribution in [3.8, 4) is 0 Å². The van der Waals surface area contributed by atoms with E-state index in [0.717, 1.165) is 36.3 Å². The van der Waals surface area contributed by atoms with Gasteiger partial charge < -0.3 is 15.0 Å². The molecule has 2 aromatic heterocycles. The molecule has 164 valence electrons. The number of carbonyl (C=O) groups excluding carboxylic acids is 1. The number of nitrogens with one attached hydrogen (secondary N) is 1. The molecule has 4 rings (SSSR count). The van der Waals surface area contributed by atoms with Crippen LogP contribution >= 0.6 is 11.8 Å². The first-order valence-electron chi connectivity index (χ1n) is 10.4. The number of hydrogen-bond acceptors (Lipinski definition) is 7. The normalized spacial score (nSPS) is 14.1. The highest BCUT2D eigenvalue weighted by Crippen LogP contribution is 2.23. The number of anilines is 2. The number of aryl methyl sites for hydroxylation is 1. The zero-order valence-electron chi connectivity index (χ0n) is 17.8. The highest BCUT2D eigenvalue weighted by atomic mass is 32.2. The van der Waals surface area contributed by atoms with Gasteiger partial charge in [0.2, 0.25) is 11.9 Å². The number of amides is 1. The summed E-state index contributed by atoms with van der Waals surface area (Å²) >= 11 is 1.39. The van der Waals surface area contributed by atoms with Gasteiger partial charge in [-0.05, 0) is 19.4 Å². The molecule has 0 radical (unpaired) electrons. The van der Waals surface area contributed by atoms with Gasteiger partial charge in [0.1, 0.15) is 5.82 Å². The second-order valence-corrected chi connectivity index (χ2v) is 8.27. The maximum atomic E-state index is 12.6. The zero-order chi connectivity index (χ0) is 21.6. The van der Waals surface area contributed by atoms with Gasteiger partial charge in [0.15, 0.2) is 5.16 Å². The zero-order valence-corrected chi connectivity index (χ0v) is 18.6. The second kappa shape index (κ2) is 9.97. The molecule has 0 atom stereocenters. The molecule has 3 aromatic rings. The molecular weight excluding hydrogens is 414 g/mol. The number of morpholine rings is 1. The van der Waals surface area contributed by atoms with Gasteiger partial charge in [0.25, 0.3) is 0 Å². The first-order valence-corrected chi connectivity index (χ1v) is 11.4. The van der Waals surface area contributed by atoms with Crippen molar-refractivity contribution in [3.63, 3.8) is 0 Å². The van der Waals surface area contributed by atoms with Crippen LogP contribution in [-0.4, -0.2) is 62.5 Å². The molecule has 31 heavy (non-hydrogen) atoms. The average molecular weight is 442 g/mol. The van der Waals surface area contributed by atoms with E-state index >= 15 is 0 Å². The van der Waals surface area contributed by atoms with E-state index < -0.39 is 0 Å². The van der Waals surface area contributed by atoms with Crippen LogP contribution in [0.4, 0.5) is 11.8 Å². The van der Waals surface area contributed by atoms with Crippen molar-refractivity contribution in [1.29, 1.82) is 0 Å². The largest absolute Gasteiger partial charge is 0.378 e. The van der Waals surface area contributed by atoms with Crippen molar-refractivity contribution >= 4 is 29.4 Å². The minimum absolute atomic E-state index is 0.102. The fourth-order valence-electron chi connectivity index (χ4n) is 3.52. The summed E-state index contributed by atoms with van der Waals surface area (Å²) in [7, 11) is 0. The summed E-state index contributed by atoms with van der Waals surface area (Å²) in [4.78, 5) is 14.8. The smallest absolute Gasteiger partial charge is 0.235 e. The highest BCUT2D eigenvalue weighted by Gasteiger charge is 2.20. The van der Waals surface area contributed by atoms with Gasteiger partial charge in [-0.1, -0.05) is 41.6 Å². The van der Waals surface area contributed by atoms with E-state index in [0.29, 0.717) is 25.6 Å². The van der Waals surface area contributed by atoms with Crippen molar-refractivity contribution < 1.29 is 9.53 Å². The number of nitrogens with zero attached hydrogens (tertiary/aromatic N) is 6. The molecule has 3 heterocycles. The number of ether oxygens (including phenoxy) is 1. The summed E-state index contributed by atoms with van der Waals surface area (Å²) in [5.41, 5.74) is 2.34. The van der Waals surface area contributed by atoms with E-state index in [2.05, 4.69) is 57.6 Å². The molecule has 1 aromatic carbocycles. The van der Waals surface area contributed by atoms with Gasteiger partial charge in [-0.25, -0.2) is 4.68 Å². The lowest BCUT2D eigenvalue weighted by Crippen LogP contribution is -2.38. The van der Waals surface area contributed by atoms with Gasteiger partial charge in [-0.3, -0.25) is 9.36 Å². The predicted octanol–water partition coefficient (Wildman–Crippen LogP) is 2.42. The minimum Gasteiger partial charge on any atom is -0.378 e. The molecule has 1 saturated heterocycles. The molecule has 1 aliphatic heterocycles. The summed E-state index contributed by atoms with van der Waals surface area (Å²) in [5, 5.41) is 16.7. The Morgan fingerprint density at radius 1 is 1.23 bits per heavy atom. The standard InChI is InChI=1S/C21H27N7O2S/c1-3-27-20(26-9-11-30-12-10-26)24-25-21(27)31-15-19(29)23-18-7-8-22-28(18)14-17-6-4-5-16(2)13-17/h4-8,13H,3,9-12,14-15H2,1-2H3,(H,23,29). The number of thioether (sulfide) groups is 1. The van der Waals surface area contributed by atoms with Crippen LogP contribution in [0.3, 0.4) is 0 Å². The predicted molar refractivity (Wildman–Crippen MR) is 121 cm³/mol. The van der Waals surface area contributed by atoms with Crippen LogP contribution in [0, 0.1) is 6.92 Å². The molecule has 1 amide bonds. The van der Waals surface area contributed by atoms with E-state index in [9.17, 15) is 4.79 Å². The van der Waals surface area contributed by atoms with Gasteiger partial charge in [0, 0.05) is 25.7 Å². The number of rotatable bonds is 8. The van der Waals surface area contributed by atoms with E-state index in [1.807, 2.05) is 16.7 Å². The average Bonchev–Trinajstić information content (AvgIpc) is 3.39. The maximum absolute atomic E-state index is 12.6. The lowest BCUT2D eigenvalue weighted by atomic mass is 10.1. The van der Waals surface area contributed by atoms with Crippen molar-refractivity contribution in [3.05, 3.63) is 47.7 Å². The number of benzene rings is 1. The van der Waals surface area contributed by atoms with Crippen molar-refractivity contribution in [1.82, 2.24) is 24.5 Å². The fourth-order valence-corrected chi connectivity index (χ4v) is 4.32. The van der Waals surface area contributed by atoms with Crippen molar-refractivity contribution in [2.75, 3.05) is 42.3 Å². The molecule has 1 aliphatic rings. The van der Waals surface area contributed by atoms with E-state index in [1.54, 1.807) is 10.9 Å². The monoisotopic (exact) mass is 441 g/mol. The molecular formula is C21H27N7O2S. The van der Waals surface area contributed by atoms with E-state index in [1.165, 1.54) is 17.3 Å². The lowest BCUT2D eigenvalue weighted by Gasteiger charge is -2.27. The number of carbonyl (C=O) groups is 1. The Labute approximate surface area is 185 Å². The molecule has 0 unspecified atom stereocenters.